The molecule has 1 atom stereocenters. The standard InChI is InChI=1S/C13H18N4OS/c1-9-11(17-6-7-19-13(17)16-9)8-15-10-4-2-3-5-14-12(10)18/h6-7,10,15H,2-5,8H2,1H3,(H,14,18). The van der Waals surface area contributed by atoms with Gasteiger partial charge in [-0.2, -0.15) is 0 Å². The molecule has 3 rings (SSSR count). The van der Waals surface area contributed by atoms with Gasteiger partial charge in [-0.15, -0.1) is 11.3 Å². The number of aromatic nitrogens is 2. The predicted octanol–water partition coefficient (Wildman–Crippen LogP) is 1.46. The van der Waals surface area contributed by atoms with Crippen molar-refractivity contribution in [3.05, 3.63) is 23.0 Å². The van der Waals surface area contributed by atoms with Gasteiger partial charge >= 0.3 is 0 Å². The summed E-state index contributed by atoms with van der Waals surface area (Å²) < 4.78 is 2.10. The average molecular weight is 278 g/mol. The van der Waals surface area contributed by atoms with Crippen molar-refractivity contribution in [3.8, 4) is 0 Å². The highest BCUT2D eigenvalue weighted by molar-refractivity contribution is 7.15. The lowest BCUT2D eigenvalue weighted by Crippen LogP contribution is -2.42. The summed E-state index contributed by atoms with van der Waals surface area (Å²) in [6.45, 7) is 3.50. The molecule has 3 heterocycles. The molecule has 2 N–H and O–H groups in total. The van der Waals surface area contributed by atoms with Crippen molar-refractivity contribution >= 4 is 22.2 Å². The number of nitrogens with one attached hydrogen (secondary N) is 2. The molecule has 19 heavy (non-hydrogen) atoms. The Bertz CT molecular complexity index is 588. The SMILES string of the molecule is Cc1nc2sccn2c1CNC1CCCCNC1=O. The molecule has 2 aromatic heterocycles. The van der Waals surface area contributed by atoms with Crippen LogP contribution in [0.25, 0.3) is 4.96 Å². The van der Waals surface area contributed by atoms with Crippen LogP contribution in [-0.2, 0) is 11.3 Å². The Kier molecular flexibility index (Phi) is 3.52. The van der Waals surface area contributed by atoms with Crippen LogP contribution in [0.5, 0.6) is 0 Å². The van der Waals surface area contributed by atoms with E-state index in [4.69, 9.17) is 0 Å². The van der Waals surface area contributed by atoms with Gasteiger partial charge in [0.25, 0.3) is 0 Å². The zero-order valence-corrected chi connectivity index (χ0v) is 11.8. The van der Waals surface area contributed by atoms with Gasteiger partial charge in [0.15, 0.2) is 4.96 Å². The number of amides is 1. The van der Waals surface area contributed by atoms with Gasteiger partial charge in [0.1, 0.15) is 0 Å². The van der Waals surface area contributed by atoms with E-state index in [1.54, 1.807) is 11.3 Å². The molecule has 2 aromatic rings. The molecular weight excluding hydrogens is 260 g/mol. The van der Waals surface area contributed by atoms with E-state index < -0.39 is 0 Å². The summed E-state index contributed by atoms with van der Waals surface area (Å²) in [5.41, 5.74) is 2.18. The number of thiazole rings is 1. The normalized spacial score (nSPS) is 20.5. The molecule has 5 nitrogen and oxygen atoms in total. The van der Waals surface area contributed by atoms with Crippen molar-refractivity contribution in [1.29, 1.82) is 0 Å². The first kappa shape index (κ1) is 12.6. The molecule has 0 radical (unpaired) electrons. The lowest BCUT2D eigenvalue weighted by molar-refractivity contribution is -0.122. The van der Waals surface area contributed by atoms with Crippen molar-refractivity contribution in [3.63, 3.8) is 0 Å². The molecular formula is C13H18N4OS. The molecule has 6 heteroatoms. The molecule has 0 saturated carbocycles. The minimum Gasteiger partial charge on any atom is -0.355 e. The minimum absolute atomic E-state index is 0.0777. The van der Waals surface area contributed by atoms with Gasteiger partial charge in [0.2, 0.25) is 5.91 Å². The third-order valence-corrected chi connectivity index (χ3v) is 4.37. The van der Waals surface area contributed by atoms with Crippen LogP contribution in [-0.4, -0.2) is 27.9 Å². The predicted molar refractivity (Wildman–Crippen MR) is 75.3 cm³/mol. The fourth-order valence-electron chi connectivity index (χ4n) is 2.51. The van der Waals surface area contributed by atoms with Crippen LogP contribution in [0.4, 0.5) is 0 Å². The lowest BCUT2D eigenvalue weighted by atomic mass is 10.1. The maximum atomic E-state index is 11.9. The number of fused-ring (bicyclic) bond motifs is 1. The first-order valence-electron chi connectivity index (χ1n) is 6.68. The third kappa shape index (κ3) is 2.50. The Labute approximate surface area is 116 Å². The summed E-state index contributed by atoms with van der Waals surface area (Å²) >= 11 is 1.63. The minimum atomic E-state index is -0.0777. The molecule has 1 amide bonds. The van der Waals surface area contributed by atoms with Gasteiger partial charge in [-0.25, -0.2) is 4.98 Å². The largest absolute Gasteiger partial charge is 0.355 e. The van der Waals surface area contributed by atoms with Crippen molar-refractivity contribution in [2.24, 2.45) is 0 Å². The fraction of sp³-hybridized carbons (Fsp3) is 0.538. The van der Waals surface area contributed by atoms with E-state index in [0.29, 0.717) is 6.54 Å². The molecule has 0 aliphatic carbocycles. The van der Waals surface area contributed by atoms with Gasteiger partial charge in [0.05, 0.1) is 17.4 Å². The summed E-state index contributed by atoms with van der Waals surface area (Å²) in [6.07, 6.45) is 5.11. The average Bonchev–Trinajstić information content (AvgIpc) is 2.86. The van der Waals surface area contributed by atoms with Crippen molar-refractivity contribution < 1.29 is 4.79 Å². The number of hydrogen-bond donors (Lipinski definition) is 2. The van der Waals surface area contributed by atoms with Gasteiger partial charge in [-0.05, 0) is 26.2 Å². The number of rotatable bonds is 3. The Morgan fingerprint density at radius 1 is 1.58 bits per heavy atom. The highest BCUT2D eigenvalue weighted by atomic mass is 32.1. The number of carbonyl (C=O) groups excluding carboxylic acids is 1. The highest BCUT2D eigenvalue weighted by Crippen LogP contribution is 2.17. The Hall–Kier alpha value is -1.40. The molecule has 1 aliphatic rings. The zero-order chi connectivity index (χ0) is 13.2. The van der Waals surface area contributed by atoms with E-state index in [1.807, 2.05) is 18.5 Å². The van der Waals surface area contributed by atoms with E-state index in [2.05, 4.69) is 20.0 Å². The summed E-state index contributed by atoms with van der Waals surface area (Å²) in [7, 11) is 0. The fourth-order valence-corrected chi connectivity index (χ4v) is 3.29. The van der Waals surface area contributed by atoms with Gasteiger partial charge in [-0.1, -0.05) is 0 Å². The number of imidazole rings is 1. The van der Waals surface area contributed by atoms with E-state index in [0.717, 1.165) is 42.2 Å². The zero-order valence-electron chi connectivity index (χ0n) is 11.0. The molecule has 1 fully saturated rings. The maximum Gasteiger partial charge on any atom is 0.237 e. The summed E-state index contributed by atoms with van der Waals surface area (Å²) in [5, 5.41) is 8.35. The highest BCUT2D eigenvalue weighted by Gasteiger charge is 2.20. The van der Waals surface area contributed by atoms with Crippen LogP contribution in [0.15, 0.2) is 11.6 Å². The van der Waals surface area contributed by atoms with E-state index in [-0.39, 0.29) is 11.9 Å². The summed E-state index contributed by atoms with van der Waals surface area (Å²) in [4.78, 5) is 17.4. The number of hydrogen-bond acceptors (Lipinski definition) is 4. The molecule has 1 unspecified atom stereocenters. The second-order valence-corrected chi connectivity index (χ2v) is 5.79. The van der Waals surface area contributed by atoms with Gasteiger partial charge in [-0.3, -0.25) is 9.20 Å². The first-order chi connectivity index (χ1) is 9.25. The molecule has 0 aromatic carbocycles. The Morgan fingerprint density at radius 2 is 2.47 bits per heavy atom. The van der Waals surface area contributed by atoms with E-state index in [9.17, 15) is 4.79 Å². The molecule has 0 spiro atoms. The Balaban J connectivity index is 1.72. The summed E-state index contributed by atoms with van der Waals surface area (Å²) in [6, 6.07) is -0.0777. The number of carbonyl (C=O) groups is 1. The maximum absolute atomic E-state index is 11.9. The van der Waals surface area contributed by atoms with Crippen LogP contribution in [0.1, 0.15) is 30.7 Å². The number of nitrogens with zero attached hydrogens (tertiary/aromatic N) is 2. The second kappa shape index (κ2) is 5.30. The van der Waals surface area contributed by atoms with Crippen LogP contribution in [0.2, 0.25) is 0 Å². The monoisotopic (exact) mass is 278 g/mol. The second-order valence-electron chi connectivity index (χ2n) is 4.92. The topological polar surface area (TPSA) is 58.4 Å². The molecule has 0 bridgehead atoms. The van der Waals surface area contributed by atoms with Crippen LogP contribution in [0, 0.1) is 6.92 Å². The lowest BCUT2D eigenvalue weighted by Gasteiger charge is -2.15. The van der Waals surface area contributed by atoms with Gasteiger partial charge < -0.3 is 10.6 Å². The smallest absolute Gasteiger partial charge is 0.237 e. The van der Waals surface area contributed by atoms with Crippen molar-refractivity contribution in [2.75, 3.05) is 6.54 Å². The van der Waals surface area contributed by atoms with Crippen molar-refractivity contribution in [2.45, 2.75) is 38.8 Å². The first-order valence-corrected chi connectivity index (χ1v) is 7.56. The molecule has 102 valence electrons. The quantitative estimate of drug-likeness (QED) is 0.893. The van der Waals surface area contributed by atoms with Crippen LogP contribution < -0.4 is 10.6 Å². The molecule has 1 aliphatic heterocycles. The molecule has 1 saturated heterocycles. The van der Waals surface area contributed by atoms with Crippen LogP contribution in [0.3, 0.4) is 0 Å². The van der Waals surface area contributed by atoms with Gasteiger partial charge in [0, 0.05) is 24.7 Å². The summed E-state index contributed by atoms with van der Waals surface area (Å²) in [5.74, 6) is 0.126. The van der Waals surface area contributed by atoms with E-state index >= 15 is 0 Å². The van der Waals surface area contributed by atoms with E-state index in [1.165, 1.54) is 0 Å². The van der Waals surface area contributed by atoms with Crippen LogP contribution >= 0.6 is 11.3 Å². The third-order valence-electron chi connectivity index (χ3n) is 3.61. The van der Waals surface area contributed by atoms with Crippen molar-refractivity contribution in [1.82, 2.24) is 20.0 Å². The Morgan fingerprint density at radius 3 is 3.37 bits per heavy atom. The number of aryl methyl sites for hydroxylation is 1.